The molecule has 1 unspecified atom stereocenters. The van der Waals surface area contributed by atoms with Crippen LogP contribution in [0.3, 0.4) is 0 Å². The van der Waals surface area contributed by atoms with Crippen molar-refractivity contribution in [2.24, 2.45) is 5.73 Å². The van der Waals surface area contributed by atoms with Gasteiger partial charge in [0, 0.05) is 6.42 Å². The summed E-state index contributed by atoms with van der Waals surface area (Å²) in [5, 5.41) is 3.21. The number of nitrogens with one attached hydrogen (secondary N) is 1. The fourth-order valence-electron chi connectivity index (χ4n) is 2.18. The summed E-state index contributed by atoms with van der Waals surface area (Å²) in [7, 11) is 0. The third kappa shape index (κ3) is 2.88. The zero-order valence-electron chi connectivity index (χ0n) is 12.1. The number of nitrogens with two attached hydrogens (primary N) is 1. The van der Waals surface area contributed by atoms with E-state index < -0.39 is 11.4 Å². The summed E-state index contributed by atoms with van der Waals surface area (Å²) < 4.78 is 11.3. The molecule has 3 N–H and O–H groups in total. The lowest BCUT2D eigenvalue weighted by molar-refractivity contribution is -0.124. The molecular formula is C15H22N2O3. The van der Waals surface area contributed by atoms with Crippen molar-refractivity contribution in [2.75, 3.05) is 19.8 Å². The van der Waals surface area contributed by atoms with E-state index in [9.17, 15) is 4.79 Å². The minimum Gasteiger partial charge on any atom is -0.490 e. The maximum absolute atomic E-state index is 11.9. The Balaban J connectivity index is 2.34. The lowest BCUT2D eigenvalue weighted by atomic mass is 9.90. The Morgan fingerprint density at radius 3 is 2.70 bits per heavy atom. The van der Waals surface area contributed by atoms with Crippen molar-refractivity contribution < 1.29 is 14.3 Å². The third-order valence-electron chi connectivity index (χ3n) is 3.55. The smallest absolute Gasteiger partial charge is 0.242 e. The van der Waals surface area contributed by atoms with Crippen LogP contribution >= 0.6 is 0 Å². The maximum atomic E-state index is 11.9. The van der Waals surface area contributed by atoms with Gasteiger partial charge in [0.05, 0.1) is 13.2 Å². The van der Waals surface area contributed by atoms with Gasteiger partial charge in [-0.15, -0.1) is 0 Å². The van der Waals surface area contributed by atoms with Gasteiger partial charge >= 0.3 is 0 Å². The van der Waals surface area contributed by atoms with Crippen molar-refractivity contribution in [3.05, 3.63) is 23.8 Å². The van der Waals surface area contributed by atoms with Gasteiger partial charge in [-0.05, 0) is 37.6 Å². The molecule has 0 saturated carbocycles. The van der Waals surface area contributed by atoms with Crippen LogP contribution in [0.25, 0.3) is 0 Å². The van der Waals surface area contributed by atoms with Crippen LogP contribution in [0, 0.1) is 0 Å². The topological polar surface area (TPSA) is 73.6 Å². The fraction of sp³-hybridized carbons (Fsp3) is 0.533. The number of hydrogen-bond acceptors (Lipinski definition) is 4. The molecule has 0 fully saturated rings. The van der Waals surface area contributed by atoms with Crippen molar-refractivity contribution >= 4 is 5.91 Å². The highest BCUT2D eigenvalue weighted by atomic mass is 16.5. The van der Waals surface area contributed by atoms with Gasteiger partial charge in [-0.25, -0.2) is 0 Å². The summed E-state index contributed by atoms with van der Waals surface area (Å²) in [6.45, 7) is 5.82. The molecule has 0 radical (unpaired) electrons. The Morgan fingerprint density at radius 1 is 1.35 bits per heavy atom. The number of amides is 1. The standard InChI is InChI=1S/C15H22N2O3/c1-3-7-17-15(2,14(16)18)11-5-6-12-13(10-11)20-9-4-8-19-12/h5-6,10,17H,3-4,7-9H2,1-2H3,(H2,16,18). The Morgan fingerprint density at radius 2 is 2.05 bits per heavy atom. The first-order valence-electron chi connectivity index (χ1n) is 7.03. The van der Waals surface area contributed by atoms with Crippen molar-refractivity contribution in [1.29, 1.82) is 0 Å². The summed E-state index contributed by atoms with van der Waals surface area (Å²) in [6.07, 6.45) is 1.78. The minimum atomic E-state index is -0.902. The molecule has 1 aliphatic rings. The summed E-state index contributed by atoms with van der Waals surface area (Å²) in [6, 6.07) is 5.54. The molecular weight excluding hydrogens is 256 g/mol. The first kappa shape index (κ1) is 14.7. The Bertz CT molecular complexity index is 490. The molecule has 20 heavy (non-hydrogen) atoms. The van der Waals surface area contributed by atoms with Crippen LogP contribution in [0.5, 0.6) is 11.5 Å². The number of benzene rings is 1. The lowest BCUT2D eigenvalue weighted by Crippen LogP contribution is -2.50. The fourth-order valence-corrected chi connectivity index (χ4v) is 2.18. The number of fused-ring (bicyclic) bond motifs is 1. The highest BCUT2D eigenvalue weighted by Gasteiger charge is 2.33. The average molecular weight is 278 g/mol. The first-order chi connectivity index (χ1) is 9.58. The summed E-state index contributed by atoms with van der Waals surface area (Å²) in [5.41, 5.74) is 5.47. The van der Waals surface area contributed by atoms with Crippen molar-refractivity contribution in [3.63, 3.8) is 0 Å². The average Bonchev–Trinajstić information content (AvgIpc) is 2.68. The van der Waals surface area contributed by atoms with Crippen molar-refractivity contribution in [1.82, 2.24) is 5.32 Å². The molecule has 0 bridgehead atoms. The maximum Gasteiger partial charge on any atom is 0.242 e. The molecule has 1 aromatic carbocycles. The van der Waals surface area contributed by atoms with Gasteiger partial charge in [-0.3, -0.25) is 10.1 Å². The van der Waals surface area contributed by atoms with Gasteiger partial charge in [0.2, 0.25) is 5.91 Å². The Kier molecular flexibility index (Phi) is 4.49. The van der Waals surface area contributed by atoms with Gasteiger partial charge in [0.1, 0.15) is 5.54 Å². The number of rotatable bonds is 5. The number of ether oxygens (including phenoxy) is 2. The van der Waals surface area contributed by atoms with E-state index in [1.54, 1.807) is 6.92 Å². The second-order valence-electron chi connectivity index (χ2n) is 5.13. The highest BCUT2D eigenvalue weighted by Crippen LogP contribution is 2.34. The molecule has 1 aromatic rings. The molecule has 0 saturated heterocycles. The van der Waals surface area contributed by atoms with E-state index in [-0.39, 0.29) is 0 Å². The van der Waals surface area contributed by atoms with Crippen LogP contribution in [0.15, 0.2) is 18.2 Å². The quantitative estimate of drug-likeness (QED) is 0.857. The second-order valence-corrected chi connectivity index (χ2v) is 5.13. The zero-order valence-corrected chi connectivity index (χ0v) is 12.1. The molecule has 0 spiro atoms. The van der Waals surface area contributed by atoms with Crippen LogP contribution in [-0.2, 0) is 10.3 Å². The number of primary amides is 1. The zero-order chi connectivity index (χ0) is 14.6. The number of carbonyl (C=O) groups is 1. The van der Waals surface area contributed by atoms with E-state index in [1.165, 1.54) is 0 Å². The minimum absolute atomic E-state index is 0.402. The van der Waals surface area contributed by atoms with E-state index in [0.717, 1.165) is 18.4 Å². The Hall–Kier alpha value is -1.75. The number of carbonyl (C=O) groups excluding carboxylic acids is 1. The predicted molar refractivity (Wildman–Crippen MR) is 76.9 cm³/mol. The molecule has 1 heterocycles. The molecule has 2 rings (SSSR count). The van der Waals surface area contributed by atoms with Crippen LogP contribution in [0.2, 0.25) is 0 Å². The molecule has 5 heteroatoms. The summed E-state index contributed by atoms with van der Waals surface area (Å²) in [5.74, 6) is 0.986. The van der Waals surface area contributed by atoms with E-state index in [2.05, 4.69) is 5.32 Å². The molecule has 1 atom stereocenters. The van der Waals surface area contributed by atoms with E-state index >= 15 is 0 Å². The predicted octanol–water partition coefficient (Wildman–Crippen LogP) is 1.55. The summed E-state index contributed by atoms with van der Waals surface area (Å²) in [4.78, 5) is 11.9. The molecule has 5 nitrogen and oxygen atoms in total. The van der Waals surface area contributed by atoms with Gasteiger partial charge in [-0.2, -0.15) is 0 Å². The highest BCUT2D eigenvalue weighted by molar-refractivity contribution is 5.86. The first-order valence-corrected chi connectivity index (χ1v) is 7.03. The van der Waals surface area contributed by atoms with E-state index in [4.69, 9.17) is 15.2 Å². The van der Waals surface area contributed by atoms with E-state index in [0.29, 0.717) is 31.3 Å². The molecule has 0 aliphatic carbocycles. The summed E-state index contributed by atoms with van der Waals surface area (Å²) >= 11 is 0. The second kappa shape index (κ2) is 6.13. The molecule has 0 aromatic heterocycles. The van der Waals surface area contributed by atoms with Crippen LogP contribution in [-0.4, -0.2) is 25.7 Å². The monoisotopic (exact) mass is 278 g/mol. The molecule has 1 amide bonds. The normalized spacial score (nSPS) is 17.1. The Labute approximate surface area is 119 Å². The van der Waals surface area contributed by atoms with E-state index in [1.807, 2.05) is 25.1 Å². The van der Waals surface area contributed by atoms with Gasteiger partial charge in [0.15, 0.2) is 11.5 Å². The van der Waals surface area contributed by atoms with Gasteiger partial charge < -0.3 is 15.2 Å². The largest absolute Gasteiger partial charge is 0.490 e. The third-order valence-corrected chi connectivity index (χ3v) is 3.55. The lowest BCUT2D eigenvalue weighted by Gasteiger charge is -2.28. The van der Waals surface area contributed by atoms with Crippen LogP contribution < -0.4 is 20.5 Å². The SMILES string of the molecule is CCCNC(C)(C(N)=O)c1ccc2c(c1)OCCCO2. The van der Waals surface area contributed by atoms with Gasteiger partial charge in [-0.1, -0.05) is 13.0 Å². The van der Waals surface area contributed by atoms with Crippen molar-refractivity contribution in [3.8, 4) is 11.5 Å². The van der Waals surface area contributed by atoms with Crippen LogP contribution in [0.4, 0.5) is 0 Å². The van der Waals surface area contributed by atoms with Gasteiger partial charge in [0.25, 0.3) is 0 Å². The van der Waals surface area contributed by atoms with Crippen LogP contribution in [0.1, 0.15) is 32.3 Å². The molecule has 110 valence electrons. The molecule has 1 aliphatic heterocycles. The number of hydrogen-bond donors (Lipinski definition) is 2. The van der Waals surface area contributed by atoms with Crippen molar-refractivity contribution in [2.45, 2.75) is 32.2 Å².